The Kier molecular flexibility index (Phi) is 11.4. The molecule has 0 aromatic heterocycles. The quantitative estimate of drug-likeness (QED) is 0.146. The van der Waals surface area contributed by atoms with Crippen molar-refractivity contribution in [2.24, 2.45) is 0 Å². The van der Waals surface area contributed by atoms with Gasteiger partial charge >= 0.3 is 16.1 Å². The van der Waals surface area contributed by atoms with E-state index in [1.165, 1.54) is 13.2 Å². The Morgan fingerprint density at radius 1 is 0.943 bits per heavy atom. The van der Waals surface area contributed by atoms with E-state index in [-0.39, 0.29) is 17.3 Å². The second-order valence-corrected chi connectivity index (χ2v) is 9.56. The predicted molar refractivity (Wildman–Crippen MR) is 134 cm³/mol. The van der Waals surface area contributed by atoms with Crippen molar-refractivity contribution >= 4 is 22.2 Å². The van der Waals surface area contributed by atoms with Gasteiger partial charge in [0.2, 0.25) is 5.76 Å². The number of rotatable bonds is 16. The lowest BCUT2D eigenvalue weighted by atomic mass is 10.1. The summed E-state index contributed by atoms with van der Waals surface area (Å²) in [5, 5.41) is 9.18. The summed E-state index contributed by atoms with van der Waals surface area (Å²) < 4.78 is 45.7. The molecule has 2 rings (SSSR count). The largest absolute Gasteiger partial charge is 0.490 e. The molecule has 0 saturated heterocycles. The second-order valence-electron chi connectivity index (χ2n) is 7.87. The molecule has 0 bridgehead atoms. The molecule has 0 unspecified atom stereocenters. The van der Waals surface area contributed by atoms with Crippen LogP contribution in [-0.4, -0.2) is 45.6 Å². The Morgan fingerprint density at radius 2 is 1.63 bits per heavy atom. The van der Waals surface area contributed by atoms with Crippen LogP contribution < -0.4 is 13.7 Å². The third-order valence-electron chi connectivity index (χ3n) is 4.99. The van der Waals surface area contributed by atoms with Crippen molar-refractivity contribution in [3.8, 4) is 17.2 Å². The number of carboxylic acids is 1. The average molecular weight is 507 g/mol. The Bertz CT molecular complexity index is 1080. The number of unbranched alkanes of at least 4 members (excludes halogenated alkanes) is 2. The summed E-state index contributed by atoms with van der Waals surface area (Å²) in [7, 11) is -2.27. The van der Waals surface area contributed by atoms with Gasteiger partial charge in [-0.25, -0.2) is 4.79 Å². The topological polar surface area (TPSA) is 108 Å². The average Bonchev–Trinajstić information content (AvgIpc) is 2.83. The molecular weight excluding hydrogens is 472 g/mol. The first kappa shape index (κ1) is 28.0. The van der Waals surface area contributed by atoms with Gasteiger partial charge in [0.15, 0.2) is 11.5 Å². The van der Waals surface area contributed by atoms with Crippen molar-refractivity contribution in [3.63, 3.8) is 0 Å². The Morgan fingerprint density at radius 3 is 2.26 bits per heavy atom. The van der Waals surface area contributed by atoms with E-state index in [0.29, 0.717) is 43.1 Å². The number of aliphatic carboxylic acids is 1. The van der Waals surface area contributed by atoms with Gasteiger partial charge in [0.1, 0.15) is 5.75 Å². The zero-order chi connectivity index (χ0) is 25.7. The summed E-state index contributed by atoms with van der Waals surface area (Å²) in [6, 6.07) is 12.1. The summed E-state index contributed by atoms with van der Waals surface area (Å²) in [5.74, 6) is 0.0285. The Labute approximate surface area is 207 Å². The number of benzene rings is 2. The van der Waals surface area contributed by atoms with E-state index in [1.807, 2.05) is 6.92 Å². The summed E-state index contributed by atoms with van der Waals surface area (Å²) in [4.78, 5) is 11.2. The molecule has 1 N–H and O–H groups in total. The van der Waals surface area contributed by atoms with Crippen LogP contribution in [-0.2, 0) is 26.1 Å². The van der Waals surface area contributed by atoms with Crippen LogP contribution >= 0.6 is 0 Å². The van der Waals surface area contributed by atoms with Crippen molar-refractivity contribution in [3.05, 3.63) is 59.4 Å². The molecule has 0 fully saturated rings. The van der Waals surface area contributed by atoms with E-state index < -0.39 is 16.1 Å². The third-order valence-corrected chi connectivity index (χ3v) is 6.23. The molecule has 0 saturated carbocycles. The lowest BCUT2D eigenvalue weighted by Crippen LogP contribution is -2.13. The minimum Gasteiger partial charge on any atom is -0.490 e. The Hall–Kier alpha value is -3.20. The lowest BCUT2D eigenvalue weighted by molar-refractivity contribution is -0.135. The first-order valence-corrected chi connectivity index (χ1v) is 13.3. The first-order valence-electron chi connectivity index (χ1n) is 11.7. The van der Waals surface area contributed by atoms with Gasteiger partial charge in [-0.15, -0.1) is 0 Å². The van der Waals surface area contributed by atoms with Crippen LogP contribution in [0.4, 0.5) is 0 Å². The molecule has 0 aliphatic carbocycles. The van der Waals surface area contributed by atoms with Crippen molar-refractivity contribution in [1.29, 1.82) is 0 Å². The van der Waals surface area contributed by atoms with Crippen LogP contribution in [0.1, 0.15) is 50.7 Å². The monoisotopic (exact) mass is 506 g/mol. The second kappa shape index (κ2) is 14.3. The normalized spacial score (nSPS) is 11.7. The van der Waals surface area contributed by atoms with Crippen molar-refractivity contribution < 1.29 is 36.7 Å². The van der Waals surface area contributed by atoms with Crippen LogP contribution in [0, 0.1) is 0 Å². The fraction of sp³-hybridized carbons (Fsp3) is 0.423. The number of hydrogen-bond donors (Lipinski definition) is 1. The summed E-state index contributed by atoms with van der Waals surface area (Å²) >= 11 is 0. The summed E-state index contributed by atoms with van der Waals surface area (Å²) in [6.07, 6.45) is 5.20. The fourth-order valence-electron chi connectivity index (χ4n) is 3.03. The number of hydrogen-bond acceptors (Lipinski definition) is 7. The molecule has 8 nitrogen and oxygen atoms in total. The molecule has 192 valence electrons. The van der Waals surface area contributed by atoms with Crippen LogP contribution in [0.5, 0.6) is 17.2 Å². The van der Waals surface area contributed by atoms with Gasteiger partial charge in [-0.1, -0.05) is 44.9 Å². The van der Waals surface area contributed by atoms with Crippen LogP contribution in [0.3, 0.4) is 0 Å². The predicted octanol–water partition coefficient (Wildman–Crippen LogP) is 5.07. The number of carbonyl (C=O) groups is 1. The maximum absolute atomic E-state index is 11.9. The first-order chi connectivity index (χ1) is 16.8. The highest BCUT2D eigenvalue weighted by Crippen LogP contribution is 2.30. The van der Waals surface area contributed by atoms with Crippen molar-refractivity contribution in [1.82, 2.24) is 0 Å². The van der Waals surface area contributed by atoms with Crippen LogP contribution in [0.15, 0.2) is 48.2 Å². The SMILES string of the molecule is CCCCOc1cc(/C=C(/OC)C(=O)O)ccc1OCCc1ccc(OS(=O)(=O)CCCC)cc1. The van der Waals surface area contributed by atoms with E-state index in [9.17, 15) is 18.3 Å². The van der Waals surface area contributed by atoms with Gasteiger partial charge in [0.05, 0.1) is 26.1 Å². The number of carboxylic acid groups (broad SMARTS) is 1. The van der Waals surface area contributed by atoms with E-state index in [2.05, 4.69) is 6.92 Å². The fourth-order valence-corrected chi connectivity index (χ4v) is 4.16. The van der Waals surface area contributed by atoms with E-state index in [1.54, 1.807) is 42.5 Å². The molecule has 2 aromatic rings. The van der Waals surface area contributed by atoms with Gasteiger partial charge < -0.3 is 23.5 Å². The van der Waals surface area contributed by atoms with Gasteiger partial charge in [-0.2, -0.15) is 8.42 Å². The van der Waals surface area contributed by atoms with Crippen molar-refractivity contribution in [2.45, 2.75) is 46.0 Å². The van der Waals surface area contributed by atoms with Gasteiger partial charge in [0.25, 0.3) is 0 Å². The highest BCUT2D eigenvalue weighted by molar-refractivity contribution is 7.87. The molecule has 9 heteroatoms. The smallest absolute Gasteiger partial charge is 0.371 e. The molecule has 35 heavy (non-hydrogen) atoms. The summed E-state index contributed by atoms with van der Waals surface area (Å²) in [6.45, 7) is 4.87. The lowest BCUT2D eigenvalue weighted by Gasteiger charge is -2.14. The standard InChI is InChI=1S/C26H34O8S/c1-4-6-15-32-24-18-21(19-25(31-3)26(27)28)10-13-23(24)33-16-14-20-8-11-22(12-9-20)34-35(29,30)17-7-5-2/h8-13,18-19H,4-7,14-17H2,1-3H3,(H,27,28)/b25-19+. The highest BCUT2D eigenvalue weighted by atomic mass is 32.2. The molecule has 0 amide bonds. The minimum atomic E-state index is -3.58. The molecule has 0 radical (unpaired) electrons. The Balaban J connectivity index is 2.03. The minimum absolute atomic E-state index is 0.000574. The molecule has 0 heterocycles. The maximum atomic E-state index is 11.9. The van der Waals surface area contributed by atoms with E-state index >= 15 is 0 Å². The summed E-state index contributed by atoms with van der Waals surface area (Å²) in [5.41, 5.74) is 1.58. The molecular formula is C26H34O8S. The maximum Gasteiger partial charge on any atom is 0.371 e. The zero-order valence-corrected chi connectivity index (χ0v) is 21.3. The molecule has 2 aromatic carbocycles. The van der Waals surface area contributed by atoms with E-state index in [4.69, 9.17) is 18.4 Å². The highest BCUT2D eigenvalue weighted by Gasteiger charge is 2.13. The van der Waals surface area contributed by atoms with Gasteiger partial charge in [-0.05, 0) is 54.3 Å². The molecule has 0 aliphatic rings. The number of methoxy groups -OCH3 is 1. The van der Waals surface area contributed by atoms with E-state index in [0.717, 1.165) is 24.8 Å². The molecule has 0 atom stereocenters. The van der Waals surface area contributed by atoms with Crippen LogP contribution in [0.25, 0.3) is 6.08 Å². The zero-order valence-electron chi connectivity index (χ0n) is 20.5. The van der Waals surface area contributed by atoms with Crippen molar-refractivity contribution in [2.75, 3.05) is 26.1 Å². The number of ether oxygens (including phenoxy) is 3. The molecule has 0 aliphatic heterocycles. The molecule has 0 spiro atoms. The van der Waals surface area contributed by atoms with Gasteiger partial charge in [0, 0.05) is 6.42 Å². The van der Waals surface area contributed by atoms with Crippen LogP contribution in [0.2, 0.25) is 0 Å². The third kappa shape index (κ3) is 9.90. The van der Waals surface area contributed by atoms with Gasteiger partial charge in [-0.3, -0.25) is 0 Å².